The van der Waals surface area contributed by atoms with Crippen LogP contribution in [0.4, 0.5) is 18.3 Å². The topological polar surface area (TPSA) is 62.7 Å². The van der Waals surface area contributed by atoms with E-state index in [0.29, 0.717) is 25.8 Å². The predicted molar refractivity (Wildman–Crippen MR) is 126 cm³/mol. The largest absolute Gasteiger partial charge is 0.494 e. The van der Waals surface area contributed by atoms with E-state index in [9.17, 15) is 21.6 Å². The average molecular weight is 532 g/mol. The number of halogens is 4. The first-order valence-electron chi connectivity index (χ1n) is 10.4. The molecule has 0 spiro atoms. The van der Waals surface area contributed by atoms with Crippen molar-refractivity contribution < 1.29 is 26.3 Å². The van der Waals surface area contributed by atoms with Gasteiger partial charge in [-0.2, -0.15) is 17.5 Å². The Bertz CT molecular complexity index is 1260. The highest BCUT2D eigenvalue weighted by Gasteiger charge is 2.35. The molecule has 0 saturated carbocycles. The van der Waals surface area contributed by atoms with Gasteiger partial charge in [-0.1, -0.05) is 11.6 Å². The van der Waals surface area contributed by atoms with Gasteiger partial charge in [0.1, 0.15) is 10.6 Å². The van der Waals surface area contributed by atoms with Crippen molar-refractivity contribution in [2.24, 2.45) is 0 Å². The number of hydrogen-bond acceptors (Lipinski definition) is 6. The lowest BCUT2D eigenvalue weighted by molar-refractivity contribution is -0.137. The lowest BCUT2D eigenvalue weighted by atomic mass is 10.2. The molecule has 182 valence electrons. The minimum atomic E-state index is -4.67. The maximum absolute atomic E-state index is 13.1. The SMILES string of the molecule is CCOc1ccc(-c2csc(N3CCN(S(=O)(=O)c4cc(C(F)(F)F)ccc4Cl)CC3)n2)cc1. The fourth-order valence-electron chi connectivity index (χ4n) is 3.57. The molecule has 3 aromatic rings. The first-order chi connectivity index (χ1) is 16.1. The van der Waals surface area contributed by atoms with Crippen LogP contribution < -0.4 is 9.64 Å². The lowest BCUT2D eigenvalue weighted by Gasteiger charge is -2.34. The average Bonchev–Trinajstić information content (AvgIpc) is 3.30. The molecule has 0 N–H and O–H groups in total. The third-order valence-electron chi connectivity index (χ3n) is 5.34. The van der Waals surface area contributed by atoms with Crippen LogP contribution in [-0.4, -0.2) is 50.5 Å². The molecule has 1 fully saturated rings. The van der Waals surface area contributed by atoms with Gasteiger partial charge in [0.15, 0.2) is 5.13 Å². The second-order valence-electron chi connectivity index (χ2n) is 7.51. The summed E-state index contributed by atoms with van der Waals surface area (Å²) >= 11 is 7.41. The molecule has 1 aromatic heterocycles. The Morgan fingerprint density at radius 3 is 2.38 bits per heavy atom. The number of alkyl halides is 3. The Kier molecular flexibility index (Phi) is 7.09. The van der Waals surface area contributed by atoms with Crippen molar-refractivity contribution in [1.29, 1.82) is 0 Å². The van der Waals surface area contributed by atoms with Gasteiger partial charge in [0, 0.05) is 37.1 Å². The van der Waals surface area contributed by atoms with Gasteiger partial charge >= 0.3 is 6.18 Å². The summed E-state index contributed by atoms with van der Waals surface area (Å²) in [7, 11) is -4.18. The van der Waals surface area contributed by atoms with Crippen LogP contribution in [0.3, 0.4) is 0 Å². The van der Waals surface area contributed by atoms with Crippen LogP contribution in [0.5, 0.6) is 5.75 Å². The van der Waals surface area contributed by atoms with Crippen molar-refractivity contribution >= 4 is 38.1 Å². The van der Waals surface area contributed by atoms with Crippen LogP contribution in [-0.2, 0) is 16.2 Å². The summed E-state index contributed by atoms with van der Waals surface area (Å²) in [6, 6.07) is 9.92. The highest BCUT2D eigenvalue weighted by atomic mass is 35.5. The van der Waals surface area contributed by atoms with Crippen molar-refractivity contribution in [3.63, 3.8) is 0 Å². The van der Waals surface area contributed by atoms with Gasteiger partial charge in [0.2, 0.25) is 10.0 Å². The van der Waals surface area contributed by atoms with Crippen molar-refractivity contribution in [1.82, 2.24) is 9.29 Å². The number of rotatable bonds is 6. The van der Waals surface area contributed by atoms with Gasteiger partial charge in [-0.05, 0) is 49.4 Å². The molecule has 1 saturated heterocycles. The molecule has 4 rings (SSSR count). The van der Waals surface area contributed by atoms with Gasteiger partial charge in [-0.15, -0.1) is 11.3 Å². The minimum absolute atomic E-state index is 0.104. The molecule has 2 aromatic carbocycles. The quantitative estimate of drug-likeness (QED) is 0.427. The normalized spacial score (nSPS) is 15.5. The number of thiazole rings is 1. The van der Waals surface area contributed by atoms with E-state index in [2.05, 4.69) is 4.98 Å². The van der Waals surface area contributed by atoms with Gasteiger partial charge < -0.3 is 9.64 Å². The number of sulfonamides is 1. The Balaban J connectivity index is 1.46. The van der Waals surface area contributed by atoms with E-state index >= 15 is 0 Å². The van der Waals surface area contributed by atoms with Crippen LogP contribution in [0.2, 0.25) is 5.02 Å². The molecular weight excluding hydrogens is 511 g/mol. The van der Waals surface area contributed by atoms with Crippen LogP contribution in [0, 0.1) is 0 Å². The number of piperazine rings is 1. The number of hydrogen-bond donors (Lipinski definition) is 0. The Hall–Kier alpha value is -2.34. The van der Waals surface area contributed by atoms with Gasteiger partial charge in [-0.3, -0.25) is 0 Å². The molecular formula is C22H21ClF3N3O3S2. The second-order valence-corrected chi connectivity index (χ2v) is 10.7. The molecule has 0 radical (unpaired) electrons. The third-order valence-corrected chi connectivity index (χ3v) is 8.62. The first-order valence-corrected chi connectivity index (χ1v) is 13.1. The summed E-state index contributed by atoms with van der Waals surface area (Å²) in [6.07, 6.45) is -4.67. The summed E-state index contributed by atoms with van der Waals surface area (Å²) in [5, 5.41) is 2.43. The number of benzene rings is 2. The van der Waals surface area contributed by atoms with Crippen LogP contribution in [0.25, 0.3) is 11.3 Å². The van der Waals surface area contributed by atoms with Crippen LogP contribution in [0.15, 0.2) is 52.7 Å². The molecule has 0 bridgehead atoms. The molecule has 0 unspecified atom stereocenters. The molecule has 0 aliphatic carbocycles. The smallest absolute Gasteiger partial charge is 0.416 e. The standard InChI is InChI=1S/C22H21ClF3N3O3S2/c1-2-32-17-6-3-15(4-7-17)19-14-33-21(27-19)28-9-11-29(12-10-28)34(30,31)20-13-16(22(24,25)26)5-8-18(20)23/h3-8,13-14H,2,9-12H2,1H3. The third kappa shape index (κ3) is 5.17. The van der Waals surface area contributed by atoms with Crippen molar-refractivity contribution in [3.05, 3.63) is 58.4 Å². The Morgan fingerprint density at radius 1 is 1.09 bits per heavy atom. The van der Waals surface area contributed by atoms with E-state index in [-0.39, 0.29) is 18.1 Å². The number of nitrogens with zero attached hydrogens (tertiary/aromatic N) is 3. The second kappa shape index (κ2) is 9.73. The lowest BCUT2D eigenvalue weighted by Crippen LogP contribution is -2.48. The van der Waals surface area contributed by atoms with E-state index in [4.69, 9.17) is 16.3 Å². The predicted octanol–water partition coefficient (Wildman–Crippen LogP) is 5.39. The van der Waals surface area contributed by atoms with Gasteiger partial charge in [0.05, 0.1) is 22.9 Å². The zero-order valence-electron chi connectivity index (χ0n) is 18.0. The fraction of sp³-hybridized carbons (Fsp3) is 0.318. The van der Waals surface area contributed by atoms with Crippen LogP contribution >= 0.6 is 22.9 Å². The van der Waals surface area contributed by atoms with Crippen LogP contribution in [0.1, 0.15) is 12.5 Å². The highest BCUT2D eigenvalue weighted by molar-refractivity contribution is 7.89. The van der Waals surface area contributed by atoms with Crippen molar-refractivity contribution in [3.8, 4) is 17.0 Å². The number of ether oxygens (including phenoxy) is 1. The zero-order valence-corrected chi connectivity index (χ0v) is 20.4. The van der Waals surface area contributed by atoms with E-state index in [1.165, 1.54) is 11.3 Å². The van der Waals surface area contributed by atoms with E-state index in [0.717, 1.165) is 38.6 Å². The van der Waals surface area contributed by atoms with Gasteiger partial charge in [-0.25, -0.2) is 13.4 Å². The zero-order chi connectivity index (χ0) is 24.5. The minimum Gasteiger partial charge on any atom is -0.494 e. The fourth-order valence-corrected chi connectivity index (χ4v) is 6.38. The molecule has 0 amide bonds. The molecule has 34 heavy (non-hydrogen) atoms. The molecule has 6 nitrogen and oxygen atoms in total. The van der Waals surface area contributed by atoms with E-state index in [1.807, 2.05) is 41.5 Å². The Labute approximate surface area is 204 Å². The van der Waals surface area contributed by atoms with Gasteiger partial charge in [0.25, 0.3) is 0 Å². The highest BCUT2D eigenvalue weighted by Crippen LogP contribution is 2.35. The summed E-state index contributed by atoms with van der Waals surface area (Å²) in [4.78, 5) is 6.09. The maximum atomic E-state index is 13.1. The number of aromatic nitrogens is 1. The summed E-state index contributed by atoms with van der Waals surface area (Å²) in [5.41, 5.74) is 0.680. The van der Waals surface area contributed by atoms with Crippen molar-refractivity contribution in [2.75, 3.05) is 37.7 Å². The molecule has 0 atom stereocenters. The van der Waals surface area contributed by atoms with Crippen molar-refractivity contribution in [2.45, 2.75) is 18.0 Å². The summed E-state index contributed by atoms with van der Waals surface area (Å²) in [6.45, 7) is 3.42. The monoisotopic (exact) mass is 531 g/mol. The summed E-state index contributed by atoms with van der Waals surface area (Å²) in [5.74, 6) is 0.778. The van der Waals surface area contributed by atoms with E-state index in [1.54, 1.807) is 0 Å². The summed E-state index contributed by atoms with van der Waals surface area (Å²) < 4.78 is 71.9. The Morgan fingerprint density at radius 2 is 1.76 bits per heavy atom. The molecule has 12 heteroatoms. The molecule has 1 aliphatic rings. The molecule has 1 aliphatic heterocycles. The number of anilines is 1. The molecule has 2 heterocycles. The van der Waals surface area contributed by atoms with E-state index < -0.39 is 26.7 Å². The first kappa shape index (κ1) is 24.8. The maximum Gasteiger partial charge on any atom is 0.416 e.